The Morgan fingerprint density at radius 1 is 1.44 bits per heavy atom. The van der Waals surface area contributed by atoms with Crippen molar-refractivity contribution < 1.29 is 0 Å². The maximum absolute atomic E-state index is 6.47. The predicted octanol–water partition coefficient (Wildman–Crippen LogP) is 3.05. The highest BCUT2D eigenvalue weighted by molar-refractivity contribution is 6.31. The van der Waals surface area contributed by atoms with Gasteiger partial charge >= 0.3 is 0 Å². The van der Waals surface area contributed by atoms with E-state index in [1.807, 2.05) is 0 Å². The molecule has 1 heterocycles. The standard InChI is InChI=1S/C14H24ClN3/c1-5-10-13(15)11(18(6-2)17-10)9-12(16-4)14(3)7-8-14/h12,16H,5-9H2,1-4H3. The minimum Gasteiger partial charge on any atom is -0.316 e. The minimum absolute atomic E-state index is 0.452. The van der Waals surface area contributed by atoms with Gasteiger partial charge in [-0.15, -0.1) is 0 Å². The monoisotopic (exact) mass is 269 g/mol. The Balaban J connectivity index is 2.24. The number of hydrogen-bond acceptors (Lipinski definition) is 2. The highest BCUT2D eigenvalue weighted by Gasteiger charge is 2.44. The third-order valence-corrected chi connectivity index (χ3v) is 4.76. The van der Waals surface area contributed by atoms with Gasteiger partial charge in [0.15, 0.2) is 0 Å². The van der Waals surface area contributed by atoms with Gasteiger partial charge in [0.1, 0.15) is 0 Å². The molecule has 1 unspecified atom stereocenters. The molecule has 1 aromatic heterocycles. The van der Waals surface area contributed by atoms with Crippen LogP contribution in [0.15, 0.2) is 0 Å². The fourth-order valence-electron chi connectivity index (χ4n) is 2.65. The van der Waals surface area contributed by atoms with E-state index in [4.69, 9.17) is 11.6 Å². The lowest BCUT2D eigenvalue weighted by atomic mass is 9.94. The summed E-state index contributed by atoms with van der Waals surface area (Å²) in [5, 5.41) is 8.93. The van der Waals surface area contributed by atoms with Crippen LogP contribution in [0.3, 0.4) is 0 Å². The van der Waals surface area contributed by atoms with Gasteiger partial charge in [0.25, 0.3) is 0 Å². The number of likely N-dealkylation sites (N-methyl/N-ethyl adjacent to an activating group) is 1. The lowest BCUT2D eigenvalue weighted by molar-refractivity contribution is 0.367. The van der Waals surface area contributed by atoms with Crippen molar-refractivity contribution in [1.29, 1.82) is 0 Å². The maximum atomic E-state index is 6.47. The van der Waals surface area contributed by atoms with Crippen LogP contribution in [0.5, 0.6) is 0 Å². The second-order valence-electron chi connectivity index (χ2n) is 5.58. The van der Waals surface area contributed by atoms with E-state index in [0.717, 1.165) is 30.1 Å². The van der Waals surface area contributed by atoms with Crippen LogP contribution in [0.1, 0.15) is 45.0 Å². The van der Waals surface area contributed by atoms with Crippen molar-refractivity contribution in [3.05, 3.63) is 16.4 Å². The van der Waals surface area contributed by atoms with Crippen molar-refractivity contribution in [2.24, 2.45) is 5.41 Å². The minimum atomic E-state index is 0.452. The van der Waals surface area contributed by atoms with E-state index in [1.165, 1.54) is 18.5 Å². The molecule has 1 aliphatic carbocycles. The number of halogens is 1. The zero-order valence-electron chi connectivity index (χ0n) is 11.9. The predicted molar refractivity (Wildman–Crippen MR) is 76.2 cm³/mol. The second kappa shape index (κ2) is 5.22. The first kappa shape index (κ1) is 13.9. The van der Waals surface area contributed by atoms with Crippen LogP contribution in [0.4, 0.5) is 0 Å². The number of hydrogen-bond donors (Lipinski definition) is 1. The summed E-state index contributed by atoms with van der Waals surface area (Å²) in [5.74, 6) is 0. The fourth-order valence-corrected chi connectivity index (χ4v) is 2.99. The van der Waals surface area contributed by atoms with Crippen molar-refractivity contribution in [1.82, 2.24) is 15.1 Å². The van der Waals surface area contributed by atoms with Gasteiger partial charge in [-0.25, -0.2) is 0 Å². The summed E-state index contributed by atoms with van der Waals surface area (Å²) < 4.78 is 2.07. The van der Waals surface area contributed by atoms with Crippen LogP contribution in [0.25, 0.3) is 0 Å². The molecule has 0 radical (unpaired) electrons. The fraction of sp³-hybridized carbons (Fsp3) is 0.786. The Morgan fingerprint density at radius 2 is 2.11 bits per heavy atom. The molecule has 0 amide bonds. The number of aromatic nitrogens is 2. The third kappa shape index (κ3) is 2.43. The summed E-state index contributed by atoms with van der Waals surface area (Å²) in [5.41, 5.74) is 2.68. The van der Waals surface area contributed by atoms with Crippen LogP contribution in [-0.4, -0.2) is 22.9 Å². The van der Waals surface area contributed by atoms with Crippen LogP contribution in [0, 0.1) is 5.41 Å². The highest BCUT2D eigenvalue weighted by atomic mass is 35.5. The molecular weight excluding hydrogens is 246 g/mol. The van der Waals surface area contributed by atoms with Crippen molar-refractivity contribution in [2.75, 3.05) is 7.05 Å². The van der Waals surface area contributed by atoms with Gasteiger partial charge in [-0.05, 0) is 38.6 Å². The molecular formula is C14H24ClN3. The zero-order valence-corrected chi connectivity index (χ0v) is 12.6. The molecule has 102 valence electrons. The molecule has 0 spiro atoms. The van der Waals surface area contributed by atoms with Crippen LogP contribution < -0.4 is 5.32 Å². The zero-order chi connectivity index (χ0) is 13.3. The van der Waals surface area contributed by atoms with Crippen LogP contribution >= 0.6 is 11.6 Å². The van der Waals surface area contributed by atoms with Crippen molar-refractivity contribution in [3.63, 3.8) is 0 Å². The molecule has 18 heavy (non-hydrogen) atoms. The van der Waals surface area contributed by atoms with E-state index in [2.05, 4.69) is 42.9 Å². The Labute approximate surface area is 115 Å². The Kier molecular flexibility index (Phi) is 4.02. The van der Waals surface area contributed by atoms with Gasteiger partial charge < -0.3 is 5.32 Å². The molecule has 1 saturated carbocycles. The number of nitrogens with one attached hydrogen (secondary N) is 1. The Morgan fingerprint density at radius 3 is 2.56 bits per heavy atom. The van der Waals surface area contributed by atoms with E-state index in [1.54, 1.807) is 0 Å². The SMILES string of the molecule is CCc1nn(CC)c(CC(NC)C2(C)CC2)c1Cl. The molecule has 1 aromatic rings. The van der Waals surface area contributed by atoms with E-state index in [9.17, 15) is 0 Å². The van der Waals surface area contributed by atoms with Gasteiger partial charge in [-0.1, -0.05) is 25.4 Å². The van der Waals surface area contributed by atoms with Crippen LogP contribution in [0.2, 0.25) is 5.02 Å². The topological polar surface area (TPSA) is 29.9 Å². The molecule has 4 heteroatoms. The average molecular weight is 270 g/mol. The molecule has 1 N–H and O–H groups in total. The summed E-state index contributed by atoms with van der Waals surface area (Å²) in [6.45, 7) is 7.48. The average Bonchev–Trinajstić information content (AvgIpc) is 3.03. The summed E-state index contributed by atoms with van der Waals surface area (Å²) in [6.07, 6.45) is 4.51. The summed E-state index contributed by atoms with van der Waals surface area (Å²) in [4.78, 5) is 0. The normalized spacial score (nSPS) is 18.9. The van der Waals surface area contributed by atoms with Gasteiger partial charge in [0.05, 0.1) is 16.4 Å². The smallest absolute Gasteiger partial charge is 0.0850 e. The molecule has 2 rings (SSSR count). The summed E-state index contributed by atoms with van der Waals surface area (Å²) >= 11 is 6.47. The van der Waals surface area contributed by atoms with Gasteiger partial charge in [0, 0.05) is 19.0 Å². The molecule has 0 bridgehead atoms. The molecule has 1 fully saturated rings. The molecule has 1 atom stereocenters. The number of rotatable bonds is 6. The maximum Gasteiger partial charge on any atom is 0.0850 e. The lowest BCUT2D eigenvalue weighted by Gasteiger charge is -2.23. The number of aryl methyl sites for hydroxylation is 2. The first-order valence-corrected chi connectivity index (χ1v) is 7.34. The van der Waals surface area contributed by atoms with Gasteiger partial charge in [-0.3, -0.25) is 4.68 Å². The lowest BCUT2D eigenvalue weighted by Crippen LogP contribution is -2.36. The highest BCUT2D eigenvalue weighted by Crippen LogP contribution is 2.49. The summed E-state index contributed by atoms with van der Waals surface area (Å²) in [6, 6.07) is 0.502. The molecule has 3 nitrogen and oxygen atoms in total. The molecule has 1 aliphatic rings. The van der Waals surface area contributed by atoms with Crippen molar-refractivity contribution in [3.8, 4) is 0 Å². The Hall–Kier alpha value is -0.540. The second-order valence-corrected chi connectivity index (χ2v) is 5.95. The van der Waals surface area contributed by atoms with Gasteiger partial charge in [-0.2, -0.15) is 5.10 Å². The van der Waals surface area contributed by atoms with E-state index in [0.29, 0.717) is 11.5 Å². The van der Waals surface area contributed by atoms with Gasteiger partial charge in [0.2, 0.25) is 0 Å². The molecule has 0 saturated heterocycles. The van der Waals surface area contributed by atoms with E-state index in [-0.39, 0.29) is 0 Å². The molecule has 0 aromatic carbocycles. The number of nitrogens with zero attached hydrogens (tertiary/aromatic N) is 2. The summed E-state index contributed by atoms with van der Waals surface area (Å²) in [7, 11) is 2.05. The quantitative estimate of drug-likeness (QED) is 0.860. The molecule has 0 aliphatic heterocycles. The van der Waals surface area contributed by atoms with Crippen molar-refractivity contribution in [2.45, 2.75) is 59.0 Å². The first-order chi connectivity index (χ1) is 8.55. The Bertz CT molecular complexity index is 421. The van der Waals surface area contributed by atoms with Crippen molar-refractivity contribution >= 4 is 11.6 Å². The first-order valence-electron chi connectivity index (χ1n) is 6.97. The third-order valence-electron chi connectivity index (χ3n) is 4.32. The van der Waals surface area contributed by atoms with E-state index < -0.39 is 0 Å². The van der Waals surface area contributed by atoms with E-state index >= 15 is 0 Å². The largest absolute Gasteiger partial charge is 0.316 e. The van der Waals surface area contributed by atoms with Crippen LogP contribution in [-0.2, 0) is 19.4 Å².